The molecule has 2 aliphatic rings. The lowest BCUT2D eigenvalue weighted by Crippen LogP contribution is -2.50. The molecule has 0 aromatic heterocycles. The van der Waals surface area contributed by atoms with Gasteiger partial charge in [-0.3, -0.25) is 0 Å². The first-order valence-electron chi connectivity index (χ1n) is 3.71. The van der Waals surface area contributed by atoms with Crippen LogP contribution in [0.5, 0.6) is 0 Å². The summed E-state index contributed by atoms with van der Waals surface area (Å²) in [4.78, 5) is 2.61. The van der Waals surface area contributed by atoms with E-state index >= 15 is 0 Å². The Kier molecular flexibility index (Phi) is 1.04. The molecule has 2 fully saturated rings. The predicted octanol–water partition coefficient (Wildman–Crippen LogP) is 1.24. The van der Waals surface area contributed by atoms with Crippen LogP contribution in [0.4, 0.5) is 0 Å². The zero-order valence-corrected chi connectivity index (χ0v) is 5.27. The van der Waals surface area contributed by atoms with Crippen molar-refractivity contribution in [1.29, 1.82) is 0 Å². The van der Waals surface area contributed by atoms with Crippen molar-refractivity contribution in [2.24, 2.45) is 0 Å². The van der Waals surface area contributed by atoms with Gasteiger partial charge in [0, 0.05) is 6.04 Å². The minimum atomic E-state index is 1.02. The van der Waals surface area contributed by atoms with Gasteiger partial charge >= 0.3 is 0 Å². The molecule has 2 heterocycles. The second-order valence-corrected chi connectivity index (χ2v) is 2.97. The topological polar surface area (TPSA) is 3.24 Å². The molecule has 2 saturated heterocycles. The van der Waals surface area contributed by atoms with Crippen LogP contribution in [0, 0.1) is 0 Å². The largest absolute Gasteiger partial charge is 0.300 e. The fraction of sp³-hybridized carbons (Fsp3) is 1.00. The van der Waals surface area contributed by atoms with Crippen molar-refractivity contribution < 1.29 is 0 Å². The molecule has 8 heavy (non-hydrogen) atoms. The summed E-state index contributed by atoms with van der Waals surface area (Å²) in [5.74, 6) is 0. The highest BCUT2D eigenvalue weighted by atomic mass is 15.2. The van der Waals surface area contributed by atoms with E-state index in [2.05, 4.69) is 4.90 Å². The third-order valence-corrected chi connectivity index (χ3v) is 2.50. The molecule has 2 aliphatic heterocycles. The van der Waals surface area contributed by atoms with Gasteiger partial charge in [0.25, 0.3) is 0 Å². The van der Waals surface area contributed by atoms with Crippen molar-refractivity contribution in [2.75, 3.05) is 13.1 Å². The molecule has 46 valence electrons. The summed E-state index contributed by atoms with van der Waals surface area (Å²) < 4.78 is 0. The molecule has 0 amide bonds. The van der Waals surface area contributed by atoms with E-state index in [-0.39, 0.29) is 0 Å². The summed E-state index contributed by atoms with van der Waals surface area (Å²) in [7, 11) is 0. The first kappa shape index (κ1) is 4.80. The van der Waals surface area contributed by atoms with Gasteiger partial charge in [-0.15, -0.1) is 0 Å². The van der Waals surface area contributed by atoms with Crippen molar-refractivity contribution in [1.82, 2.24) is 4.90 Å². The molecule has 0 spiro atoms. The lowest BCUT2D eigenvalue weighted by molar-refractivity contribution is 0.0549. The summed E-state index contributed by atoms with van der Waals surface area (Å²) in [5, 5.41) is 0. The first-order valence-corrected chi connectivity index (χ1v) is 3.71. The van der Waals surface area contributed by atoms with Gasteiger partial charge in [-0.05, 0) is 32.4 Å². The van der Waals surface area contributed by atoms with Crippen molar-refractivity contribution in [3.63, 3.8) is 0 Å². The van der Waals surface area contributed by atoms with Crippen LogP contribution < -0.4 is 0 Å². The summed E-state index contributed by atoms with van der Waals surface area (Å²) >= 11 is 0. The molecule has 0 aromatic rings. The molecule has 1 nitrogen and oxygen atoms in total. The molecular weight excluding hydrogens is 98.1 g/mol. The van der Waals surface area contributed by atoms with Gasteiger partial charge in [-0.2, -0.15) is 0 Å². The van der Waals surface area contributed by atoms with Gasteiger partial charge in [0.15, 0.2) is 0 Å². The summed E-state index contributed by atoms with van der Waals surface area (Å²) in [6.07, 6.45) is 5.91. The van der Waals surface area contributed by atoms with E-state index in [1.807, 2.05) is 0 Å². The highest BCUT2D eigenvalue weighted by Gasteiger charge is 2.29. The Bertz CT molecular complexity index is 78.4. The zero-order valence-electron chi connectivity index (χ0n) is 5.27. The minimum Gasteiger partial charge on any atom is -0.300 e. The van der Waals surface area contributed by atoms with Crippen molar-refractivity contribution in [3.8, 4) is 0 Å². The maximum atomic E-state index is 2.61. The Labute approximate surface area is 50.7 Å². The molecular formula is C7H13N. The van der Waals surface area contributed by atoms with Crippen molar-refractivity contribution in [2.45, 2.75) is 31.7 Å². The number of hydrogen-bond acceptors (Lipinski definition) is 1. The van der Waals surface area contributed by atoms with Gasteiger partial charge < -0.3 is 4.90 Å². The van der Waals surface area contributed by atoms with E-state index in [1.165, 1.54) is 38.8 Å². The van der Waals surface area contributed by atoms with E-state index < -0.39 is 0 Å². The normalized spacial score (nSPS) is 38.2. The van der Waals surface area contributed by atoms with Gasteiger partial charge in [0.05, 0.1) is 0 Å². The van der Waals surface area contributed by atoms with Crippen LogP contribution in [0.2, 0.25) is 0 Å². The van der Waals surface area contributed by atoms with E-state index in [4.69, 9.17) is 0 Å². The summed E-state index contributed by atoms with van der Waals surface area (Å²) in [5.41, 5.74) is 0. The SMILES string of the molecule is C1CCN2CC[C@@H]2C1. The van der Waals surface area contributed by atoms with E-state index in [9.17, 15) is 0 Å². The standard InChI is InChI=1S/C7H13N/c1-2-5-8-6-4-7(8)3-1/h7H,1-6H2/t7-/m0/s1. The molecule has 0 unspecified atom stereocenters. The molecule has 0 saturated carbocycles. The van der Waals surface area contributed by atoms with Crippen LogP contribution in [0.15, 0.2) is 0 Å². The number of fused-ring (bicyclic) bond motifs is 1. The smallest absolute Gasteiger partial charge is 0.0107 e. The number of rotatable bonds is 0. The molecule has 1 heteroatoms. The molecule has 2 rings (SSSR count). The van der Waals surface area contributed by atoms with Gasteiger partial charge in [0.2, 0.25) is 0 Å². The Hall–Kier alpha value is -0.0400. The Morgan fingerprint density at radius 1 is 1.00 bits per heavy atom. The van der Waals surface area contributed by atoms with E-state index in [1.54, 1.807) is 0 Å². The van der Waals surface area contributed by atoms with Gasteiger partial charge in [-0.1, -0.05) is 6.42 Å². The predicted molar refractivity (Wildman–Crippen MR) is 33.8 cm³/mol. The molecule has 0 bridgehead atoms. The van der Waals surface area contributed by atoms with Crippen LogP contribution in [-0.4, -0.2) is 24.0 Å². The average molecular weight is 111 g/mol. The second-order valence-electron chi connectivity index (χ2n) is 2.97. The highest BCUT2D eigenvalue weighted by Crippen LogP contribution is 2.26. The Morgan fingerprint density at radius 2 is 2.00 bits per heavy atom. The monoisotopic (exact) mass is 111 g/mol. The maximum Gasteiger partial charge on any atom is 0.0107 e. The number of hydrogen-bond donors (Lipinski definition) is 0. The maximum absolute atomic E-state index is 2.61. The molecule has 0 N–H and O–H groups in total. The third kappa shape index (κ3) is 0.576. The summed E-state index contributed by atoms with van der Waals surface area (Å²) in [6.45, 7) is 2.79. The van der Waals surface area contributed by atoms with E-state index in [0.717, 1.165) is 6.04 Å². The molecule has 0 aliphatic carbocycles. The lowest BCUT2D eigenvalue weighted by atomic mass is 9.92. The first-order chi connectivity index (χ1) is 3.97. The zero-order chi connectivity index (χ0) is 5.40. The van der Waals surface area contributed by atoms with Gasteiger partial charge in [-0.25, -0.2) is 0 Å². The fourth-order valence-corrected chi connectivity index (χ4v) is 1.81. The molecule has 0 radical (unpaired) electrons. The van der Waals surface area contributed by atoms with Gasteiger partial charge in [0.1, 0.15) is 0 Å². The average Bonchev–Trinajstić information content (AvgIpc) is 1.72. The minimum absolute atomic E-state index is 1.02. The number of piperidine rings is 1. The number of nitrogens with zero attached hydrogens (tertiary/aromatic N) is 1. The van der Waals surface area contributed by atoms with Crippen LogP contribution in [-0.2, 0) is 0 Å². The highest BCUT2D eigenvalue weighted by molar-refractivity contribution is 4.85. The Balaban J connectivity index is 1.92. The second kappa shape index (κ2) is 1.73. The molecule has 1 atom stereocenters. The van der Waals surface area contributed by atoms with Crippen LogP contribution in [0.25, 0.3) is 0 Å². The van der Waals surface area contributed by atoms with Crippen molar-refractivity contribution >= 4 is 0 Å². The quantitative estimate of drug-likeness (QED) is 0.454. The van der Waals surface area contributed by atoms with Crippen LogP contribution in [0.1, 0.15) is 25.7 Å². The Morgan fingerprint density at radius 3 is 2.38 bits per heavy atom. The van der Waals surface area contributed by atoms with E-state index in [0.29, 0.717) is 0 Å². The molecule has 0 aromatic carbocycles. The fourth-order valence-electron chi connectivity index (χ4n) is 1.81. The van der Waals surface area contributed by atoms with Crippen LogP contribution >= 0.6 is 0 Å². The summed E-state index contributed by atoms with van der Waals surface area (Å²) in [6, 6.07) is 1.02. The third-order valence-electron chi connectivity index (χ3n) is 2.50. The lowest BCUT2D eigenvalue weighted by Gasteiger charge is -2.44. The van der Waals surface area contributed by atoms with Crippen molar-refractivity contribution in [3.05, 3.63) is 0 Å². The van der Waals surface area contributed by atoms with Crippen LogP contribution in [0.3, 0.4) is 0 Å².